The van der Waals surface area contributed by atoms with Gasteiger partial charge in [-0.2, -0.15) is 0 Å². The number of carboxylic acid groups (broad SMARTS) is 2. The Balaban J connectivity index is 2.36. The van der Waals surface area contributed by atoms with Gasteiger partial charge >= 0.3 is 11.9 Å². The van der Waals surface area contributed by atoms with Gasteiger partial charge in [0.05, 0.1) is 92.5 Å². The molecule has 0 heterocycles. The molecule has 14 heteroatoms. The summed E-state index contributed by atoms with van der Waals surface area (Å²) in [7, 11) is 3.20. The highest BCUT2D eigenvalue weighted by Crippen LogP contribution is 2.29. The Hall–Kier alpha value is -2.56. The third-order valence-electron chi connectivity index (χ3n) is 4.86. The van der Waals surface area contributed by atoms with Crippen LogP contribution in [0.15, 0.2) is 12.1 Å². The van der Waals surface area contributed by atoms with Crippen LogP contribution in [-0.2, 0) is 37.9 Å². The van der Waals surface area contributed by atoms with Crippen molar-refractivity contribution in [1.82, 2.24) is 0 Å². The van der Waals surface area contributed by atoms with Crippen LogP contribution in [-0.4, -0.2) is 142 Å². The molecule has 0 unspecified atom stereocenters. The molecule has 0 fully saturated rings. The molecule has 0 amide bonds. The van der Waals surface area contributed by atoms with E-state index in [0.717, 1.165) is 12.1 Å². The highest BCUT2D eigenvalue weighted by molar-refractivity contribution is 5.97. The molecule has 1 aromatic carbocycles. The van der Waals surface area contributed by atoms with Gasteiger partial charge in [0.2, 0.25) is 0 Å². The predicted molar refractivity (Wildman–Crippen MR) is 140 cm³/mol. The van der Waals surface area contributed by atoms with E-state index < -0.39 is 11.9 Å². The van der Waals surface area contributed by atoms with E-state index in [-0.39, 0.29) is 49.1 Å². The van der Waals surface area contributed by atoms with E-state index in [1.165, 1.54) is 0 Å². The van der Waals surface area contributed by atoms with Crippen molar-refractivity contribution >= 4 is 11.9 Å². The molecule has 1 aromatic rings. The molecule has 0 saturated heterocycles. The fourth-order valence-electron chi connectivity index (χ4n) is 2.92. The van der Waals surface area contributed by atoms with E-state index in [1.54, 1.807) is 14.2 Å². The number of hydrogen-bond acceptors (Lipinski definition) is 12. The summed E-state index contributed by atoms with van der Waals surface area (Å²) >= 11 is 0. The lowest BCUT2D eigenvalue weighted by atomic mass is 10.1. The van der Waals surface area contributed by atoms with E-state index >= 15 is 0 Å². The number of ether oxygens (including phenoxy) is 10. The molecule has 0 aromatic heterocycles. The molecule has 0 bridgehead atoms. The summed E-state index contributed by atoms with van der Waals surface area (Å²) in [4.78, 5) is 23.5. The van der Waals surface area contributed by atoms with Crippen molar-refractivity contribution in [2.75, 3.05) is 120 Å². The van der Waals surface area contributed by atoms with Gasteiger partial charge in [0.25, 0.3) is 0 Å². The lowest BCUT2D eigenvalue weighted by molar-refractivity contribution is -0.0000465. The summed E-state index contributed by atoms with van der Waals surface area (Å²) in [5, 5.41) is 19.2. The van der Waals surface area contributed by atoms with Crippen molar-refractivity contribution in [3.05, 3.63) is 23.3 Å². The molecule has 230 valence electrons. The van der Waals surface area contributed by atoms with Crippen LogP contribution in [0.3, 0.4) is 0 Å². The number of hydrogen-bond donors (Lipinski definition) is 2. The van der Waals surface area contributed by atoms with E-state index in [2.05, 4.69) is 0 Å². The Labute approximate surface area is 234 Å². The van der Waals surface area contributed by atoms with Gasteiger partial charge in [0.15, 0.2) is 0 Å². The van der Waals surface area contributed by atoms with Crippen molar-refractivity contribution in [2.45, 2.75) is 0 Å². The number of carboxylic acids is 2. The van der Waals surface area contributed by atoms with Crippen LogP contribution in [0.5, 0.6) is 11.5 Å². The number of carbonyl (C=O) groups is 2. The van der Waals surface area contributed by atoms with Gasteiger partial charge < -0.3 is 57.6 Å². The predicted octanol–water partition coefficient (Wildman–Crippen LogP) is 1.23. The van der Waals surface area contributed by atoms with Crippen LogP contribution in [0.2, 0.25) is 0 Å². The molecular formula is C26H42O14. The average molecular weight is 579 g/mol. The second kappa shape index (κ2) is 24.3. The van der Waals surface area contributed by atoms with E-state index in [0.29, 0.717) is 79.3 Å². The first kappa shape index (κ1) is 35.5. The van der Waals surface area contributed by atoms with Crippen LogP contribution in [0.4, 0.5) is 0 Å². The molecule has 0 aliphatic heterocycles. The van der Waals surface area contributed by atoms with Gasteiger partial charge in [0.1, 0.15) is 35.8 Å². The summed E-state index contributed by atoms with van der Waals surface area (Å²) in [5.41, 5.74) is -0.474. The summed E-state index contributed by atoms with van der Waals surface area (Å²) in [5.74, 6) is -2.80. The molecule has 2 N–H and O–H groups in total. The maximum atomic E-state index is 11.7. The van der Waals surface area contributed by atoms with Crippen LogP contribution in [0.25, 0.3) is 0 Å². The zero-order valence-corrected chi connectivity index (χ0v) is 23.3. The summed E-state index contributed by atoms with van der Waals surface area (Å²) < 4.78 is 52.8. The molecule has 0 radical (unpaired) electrons. The third kappa shape index (κ3) is 17.2. The van der Waals surface area contributed by atoms with E-state index in [4.69, 9.17) is 47.4 Å². The second-order valence-corrected chi connectivity index (χ2v) is 7.81. The molecule has 14 nitrogen and oxygen atoms in total. The van der Waals surface area contributed by atoms with Gasteiger partial charge in [-0.25, -0.2) is 9.59 Å². The number of aromatic carboxylic acids is 2. The SMILES string of the molecule is COCCOCCOCCOCCOc1cc(C(=O)O)c(OCCOCCOCCOCCOC)cc1C(=O)O. The number of rotatable bonds is 28. The molecular weight excluding hydrogens is 536 g/mol. The van der Waals surface area contributed by atoms with Crippen molar-refractivity contribution in [1.29, 1.82) is 0 Å². The molecule has 40 heavy (non-hydrogen) atoms. The topological polar surface area (TPSA) is 167 Å². The lowest BCUT2D eigenvalue weighted by Crippen LogP contribution is -2.16. The van der Waals surface area contributed by atoms with Gasteiger partial charge in [0, 0.05) is 14.2 Å². The molecule has 0 saturated carbocycles. The summed E-state index contributed by atoms with van der Waals surface area (Å²) in [6.07, 6.45) is 0. The van der Waals surface area contributed by atoms with Gasteiger partial charge in [-0.15, -0.1) is 0 Å². The maximum absolute atomic E-state index is 11.7. The molecule has 0 aliphatic rings. The monoisotopic (exact) mass is 578 g/mol. The zero-order chi connectivity index (χ0) is 29.3. The number of benzene rings is 1. The Morgan fingerprint density at radius 3 is 0.975 bits per heavy atom. The van der Waals surface area contributed by atoms with Crippen LogP contribution in [0.1, 0.15) is 20.7 Å². The van der Waals surface area contributed by atoms with Crippen LogP contribution in [0, 0.1) is 0 Å². The standard InChI is InChI=1S/C26H42O14/c1-31-3-5-33-7-9-35-11-13-37-15-17-39-23-19-22(26(29)30)24(20-21(23)25(27)28)40-18-16-38-14-12-36-10-8-34-6-4-32-2/h19-20H,3-18H2,1-2H3,(H,27,28)(H,29,30). The lowest BCUT2D eigenvalue weighted by Gasteiger charge is -2.15. The zero-order valence-electron chi connectivity index (χ0n) is 23.3. The first-order chi connectivity index (χ1) is 19.5. The normalized spacial score (nSPS) is 11.1. The molecule has 0 aliphatic carbocycles. The molecule has 0 spiro atoms. The van der Waals surface area contributed by atoms with Crippen LogP contribution >= 0.6 is 0 Å². The fourth-order valence-corrected chi connectivity index (χ4v) is 2.92. The van der Waals surface area contributed by atoms with Crippen molar-refractivity contribution < 1.29 is 67.2 Å². The minimum Gasteiger partial charge on any atom is -0.490 e. The summed E-state index contributed by atoms with van der Waals surface area (Å²) in [6, 6.07) is 2.24. The minimum atomic E-state index is -1.29. The molecule has 1 rings (SSSR count). The van der Waals surface area contributed by atoms with Gasteiger partial charge in [-0.05, 0) is 12.1 Å². The third-order valence-corrected chi connectivity index (χ3v) is 4.86. The fraction of sp³-hybridized carbons (Fsp3) is 0.692. The maximum Gasteiger partial charge on any atom is 0.339 e. The second-order valence-electron chi connectivity index (χ2n) is 7.81. The van der Waals surface area contributed by atoms with Crippen molar-refractivity contribution in [3.8, 4) is 11.5 Å². The first-order valence-corrected chi connectivity index (χ1v) is 12.9. The quantitative estimate of drug-likeness (QED) is 0.136. The smallest absolute Gasteiger partial charge is 0.339 e. The highest BCUT2D eigenvalue weighted by atomic mass is 16.6. The van der Waals surface area contributed by atoms with E-state index in [1.807, 2.05) is 0 Å². The number of methoxy groups -OCH3 is 2. The van der Waals surface area contributed by atoms with Crippen LogP contribution < -0.4 is 9.47 Å². The molecule has 0 atom stereocenters. The highest BCUT2D eigenvalue weighted by Gasteiger charge is 2.21. The average Bonchev–Trinajstić information content (AvgIpc) is 2.94. The Morgan fingerprint density at radius 1 is 0.475 bits per heavy atom. The minimum absolute atomic E-state index is 0.00879. The Morgan fingerprint density at radius 2 is 0.725 bits per heavy atom. The first-order valence-electron chi connectivity index (χ1n) is 12.9. The summed E-state index contributed by atoms with van der Waals surface area (Å²) in [6.45, 7) is 5.41. The largest absolute Gasteiger partial charge is 0.490 e. The Bertz CT molecular complexity index is 738. The van der Waals surface area contributed by atoms with E-state index in [9.17, 15) is 19.8 Å². The van der Waals surface area contributed by atoms with Crippen molar-refractivity contribution in [2.24, 2.45) is 0 Å². The van der Waals surface area contributed by atoms with Gasteiger partial charge in [-0.3, -0.25) is 0 Å². The Kier molecular flexibility index (Phi) is 21.5. The van der Waals surface area contributed by atoms with Gasteiger partial charge in [-0.1, -0.05) is 0 Å². The van der Waals surface area contributed by atoms with Crippen molar-refractivity contribution in [3.63, 3.8) is 0 Å².